The van der Waals surface area contributed by atoms with Crippen LogP contribution in [0.25, 0.3) is 5.69 Å². The number of piperazine rings is 1. The largest absolute Gasteiger partial charge is 0.492 e. The second kappa shape index (κ2) is 12.0. The van der Waals surface area contributed by atoms with Crippen LogP contribution in [0, 0.1) is 17.2 Å². The monoisotopic (exact) mass is 471 g/mol. The van der Waals surface area contributed by atoms with Crippen LogP contribution in [0.15, 0.2) is 73.3 Å². The lowest BCUT2D eigenvalue weighted by atomic mass is 9.70. The number of rotatable bonds is 11. The molecule has 35 heavy (non-hydrogen) atoms. The van der Waals surface area contributed by atoms with E-state index < -0.39 is 5.41 Å². The van der Waals surface area contributed by atoms with Crippen LogP contribution in [0.5, 0.6) is 5.75 Å². The fourth-order valence-electron chi connectivity index (χ4n) is 4.99. The molecule has 1 atom stereocenters. The molecule has 1 unspecified atom stereocenters. The van der Waals surface area contributed by atoms with Gasteiger partial charge in [0.05, 0.1) is 17.8 Å². The van der Waals surface area contributed by atoms with Crippen molar-refractivity contribution in [3.63, 3.8) is 0 Å². The summed E-state index contributed by atoms with van der Waals surface area (Å²) < 4.78 is 7.96. The topological polar surface area (TPSA) is 57.3 Å². The SMILES string of the molecule is CC(C)C(C#N)(CCCN1CCN(CCOc2ccc(-n3ccnc3)cc2)CC1)c1ccccc1. The van der Waals surface area contributed by atoms with Crippen LogP contribution in [-0.4, -0.2) is 65.2 Å². The maximum atomic E-state index is 10.1. The van der Waals surface area contributed by atoms with Crippen molar-refractivity contribution in [3.05, 3.63) is 78.9 Å². The molecule has 1 saturated heterocycles. The fourth-order valence-corrected chi connectivity index (χ4v) is 4.99. The second-order valence-electron chi connectivity index (χ2n) is 9.70. The van der Waals surface area contributed by atoms with Crippen molar-refractivity contribution < 1.29 is 4.74 Å². The standard InChI is InChI=1S/C29H37N5O/c1-25(2)29(23-30,26-7-4-3-5-8-26)13-6-15-32-17-19-33(20-18-32)21-22-35-28-11-9-27(10-12-28)34-16-14-31-24-34/h3-5,7-12,14,16,24-25H,6,13,15,17-22H2,1-2H3. The van der Waals surface area contributed by atoms with Gasteiger partial charge in [0.1, 0.15) is 12.4 Å². The van der Waals surface area contributed by atoms with Gasteiger partial charge in [-0.05, 0) is 55.1 Å². The van der Waals surface area contributed by atoms with E-state index in [1.807, 2.05) is 53.2 Å². The van der Waals surface area contributed by atoms with Gasteiger partial charge < -0.3 is 14.2 Å². The van der Waals surface area contributed by atoms with Crippen LogP contribution in [0.2, 0.25) is 0 Å². The Labute approximate surface area is 209 Å². The lowest BCUT2D eigenvalue weighted by molar-refractivity contribution is 0.114. The fraction of sp³-hybridized carbons (Fsp3) is 0.448. The summed E-state index contributed by atoms with van der Waals surface area (Å²) in [7, 11) is 0. The molecule has 3 aromatic rings. The zero-order chi connectivity index (χ0) is 24.5. The lowest BCUT2D eigenvalue weighted by Gasteiger charge is -2.36. The number of nitriles is 1. The van der Waals surface area contributed by atoms with E-state index in [0.717, 1.165) is 69.1 Å². The molecule has 2 heterocycles. The van der Waals surface area contributed by atoms with Crippen LogP contribution in [0.1, 0.15) is 32.3 Å². The Kier molecular flexibility index (Phi) is 8.57. The molecule has 6 heteroatoms. The molecular weight excluding hydrogens is 434 g/mol. The Morgan fingerprint density at radius 2 is 1.66 bits per heavy atom. The Hall–Kier alpha value is -3.14. The highest BCUT2D eigenvalue weighted by Crippen LogP contribution is 2.36. The smallest absolute Gasteiger partial charge is 0.119 e. The van der Waals surface area contributed by atoms with Gasteiger partial charge in [0.15, 0.2) is 0 Å². The Balaban J connectivity index is 1.16. The third-order valence-corrected chi connectivity index (χ3v) is 7.30. The Morgan fingerprint density at radius 1 is 0.971 bits per heavy atom. The van der Waals surface area contributed by atoms with Crippen LogP contribution < -0.4 is 4.74 Å². The first-order valence-corrected chi connectivity index (χ1v) is 12.7. The molecule has 1 aromatic heterocycles. The number of hydrogen-bond acceptors (Lipinski definition) is 5. The second-order valence-corrected chi connectivity index (χ2v) is 9.70. The zero-order valence-electron chi connectivity index (χ0n) is 21.0. The van der Waals surface area contributed by atoms with Gasteiger partial charge in [-0.15, -0.1) is 0 Å². The predicted octanol–water partition coefficient (Wildman–Crippen LogP) is 4.77. The maximum absolute atomic E-state index is 10.1. The molecule has 0 spiro atoms. The van der Waals surface area contributed by atoms with Gasteiger partial charge >= 0.3 is 0 Å². The minimum absolute atomic E-state index is 0.286. The predicted molar refractivity (Wildman–Crippen MR) is 140 cm³/mol. The number of nitrogens with zero attached hydrogens (tertiary/aromatic N) is 5. The normalized spacial score (nSPS) is 16.6. The van der Waals surface area contributed by atoms with Crippen molar-refractivity contribution in [3.8, 4) is 17.5 Å². The van der Waals surface area contributed by atoms with Crippen molar-refractivity contribution in [2.24, 2.45) is 5.92 Å². The summed E-state index contributed by atoms with van der Waals surface area (Å²) in [6.07, 6.45) is 7.45. The molecule has 1 aliphatic rings. The molecule has 0 bridgehead atoms. The molecule has 184 valence electrons. The van der Waals surface area contributed by atoms with Gasteiger partial charge in [0.25, 0.3) is 0 Å². The molecule has 4 rings (SSSR count). The average molecular weight is 472 g/mol. The van der Waals surface area contributed by atoms with Gasteiger partial charge in [-0.1, -0.05) is 44.2 Å². The first-order chi connectivity index (χ1) is 17.1. The van der Waals surface area contributed by atoms with Gasteiger partial charge in [-0.2, -0.15) is 5.26 Å². The van der Waals surface area contributed by atoms with E-state index in [2.05, 4.69) is 46.8 Å². The quantitative estimate of drug-likeness (QED) is 0.403. The summed E-state index contributed by atoms with van der Waals surface area (Å²) >= 11 is 0. The highest BCUT2D eigenvalue weighted by atomic mass is 16.5. The summed E-state index contributed by atoms with van der Waals surface area (Å²) in [5.41, 5.74) is 1.83. The van der Waals surface area contributed by atoms with Crippen molar-refractivity contribution in [2.45, 2.75) is 32.1 Å². The highest BCUT2D eigenvalue weighted by Gasteiger charge is 2.35. The number of ether oxygens (including phenoxy) is 1. The van der Waals surface area contributed by atoms with Crippen molar-refractivity contribution in [2.75, 3.05) is 45.9 Å². The Bertz CT molecular complexity index is 1050. The van der Waals surface area contributed by atoms with Crippen molar-refractivity contribution >= 4 is 0 Å². The van der Waals surface area contributed by atoms with Crippen LogP contribution in [-0.2, 0) is 5.41 Å². The molecule has 2 aromatic carbocycles. The molecule has 0 aliphatic carbocycles. The van der Waals surface area contributed by atoms with Crippen molar-refractivity contribution in [1.29, 1.82) is 5.26 Å². The maximum Gasteiger partial charge on any atom is 0.119 e. The average Bonchev–Trinajstić information content (AvgIpc) is 3.44. The summed E-state index contributed by atoms with van der Waals surface area (Å²) in [6.45, 7) is 11.3. The number of aromatic nitrogens is 2. The van der Waals surface area contributed by atoms with Gasteiger partial charge in [0.2, 0.25) is 0 Å². The molecule has 0 N–H and O–H groups in total. The summed E-state index contributed by atoms with van der Waals surface area (Å²) in [6, 6.07) is 21.1. The summed E-state index contributed by atoms with van der Waals surface area (Å²) in [5, 5.41) is 10.1. The highest BCUT2D eigenvalue weighted by molar-refractivity contribution is 5.37. The lowest BCUT2D eigenvalue weighted by Crippen LogP contribution is -2.47. The first-order valence-electron chi connectivity index (χ1n) is 12.7. The third-order valence-electron chi connectivity index (χ3n) is 7.30. The minimum atomic E-state index is -0.405. The summed E-state index contributed by atoms with van der Waals surface area (Å²) in [4.78, 5) is 9.11. The van der Waals surface area contributed by atoms with E-state index in [-0.39, 0.29) is 5.92 Å². The molecule has 6 nitrogen and oxygen atoms in total. The molecular formula is C29H37N5O. The minimum Gasteiger partial charge on any atom is -0.492 e. The van der Waals surface area contributed by atoms with E-state index in [0.29, 0.717) is 6.61 Å². The van der Waals surface area contributed by atoms with Crippen LogP contribution >= 0.6 is 0 Å². The summed E-state index contributed by atoms with van der Waals surface area (Å²) in [5.74, 6) is 1.19. The number of imidazole rings is 1. The van der Waals surface area contributed by atoms with E-state index in [1.54, 1.807) is 12.5 Å². The van der Waals surface area contributed by atoms with Gasteiger partial charge in [0, 0.05) is 50.8 Å². The Morgan fingerprint density at radius 3 is 2.26 bits per heavy atom. The van der Waals surface area contributed by atoms with Crippen LogP contribution in [0.3, 0.4) is 0 Å². The molecule has 0 radical (unpaired) electrons. The molecule has 1 aliphatic heterocycles. The van der Waals surface area contributed by atoms with E-state index in [1.165, 1.54) is 0 Å². The van der Waals surface area contributed by atoms with Crippen LogP contribution in [0.4, 0.5) is 0 Å². The first kappa shape index (κ1) is 25.0. The zero-order valence-corrected chi connectivity index (χ0v) is 21.0. The van der Waals surface area contributed by atoms with Gasteiger partial charge in [-0.3, -0.25) is 4.90 Å². The van der Waals surface area contributed by atoms with E-state index in [4.69, 9.17) is 4.74 Å². The number of benzene rings is 2. The third kappa shape index (κ3) is 6.30. The van der Waals surface area contributed by atoms with E-state index >= 15 is 0 Å². The molecule has 1 fully saturated rings. The number of hydrogen-bond donors (Lipinski definition) is 0. The van der Waals surface area contributed by atoms with E-state index in [9.17, 15) is 5.26 Å². The van der Waals surface area contributed by atoms with Crippen molar-refractivity contribution in [1.82, 2.24) is 19.4 Å². The van der Waals surface area contributed by atoms with Gasteiger partial charge in [-0.25, -0.2) is 4.98 Å². The molecule has 0 amide bonds. The molecule has 0 saturated carbocycles.